The number of benzene rings is 1. The van der Waals surface area contributed by atoms with Crippen molar-refractivity contribution in [2.45, 2.75) is 37.9 Å². The number of anilines is 1. The average Bonchev–Trinajstić information content (AvgIpc) is 3.58. The largest absolute Gasteiger partial charge is 0.416 e. The first kappa shape index (κ1) is 20.4. The number of nitrogens with zero attached hydrogens (tertiary/aromatic N) is 4. The van der Waals surface area contributed by atoms with E-state index in [4.69, 9.17) is 0 Å². The molecule has 6 nitrogen and oxygen atoms in total. The van der Waals surface area contributed by atoms with Crippen molar-refractivity contribution >= 4 is 11.6 Å². The minimum atomic E-state index is -4.39. The Balaban J connectivity index is 1.42. The smallest absolute Gasteiger partial charge is 0.368 e. The van der Waals surface area contributed by atoms with Crippen LogP contribution in [0.4, 0.5) is 18.9 Å². The molecular formula is C21H23F3N4O2. The summed E-state index contributed by atoms with van der Waals surface area (Å²) in [4.78, 5) is 28.6. The molecule has 2 heterocycles. The van der Waals surface area contributed by atoms with Gasteiger partial charge in [-0.2, -0.15) is 18.3 Å². The van der Waals surface area contributed by atoms with Crippen LogP contribution >= 0.6 is 0 Å². The maximum atomic E-state index is 13.0. The number of carbonyl (C=O) groups is 1. The van der Waals surface area contributed by atoms with Crippen LogP contribution in [0, 0.1) is 0 Å². The molecule has 1 aliphatic heterocycles. The van der Waals surface area contributed by atoms with Gasteiger partial charge in [0.05, 0.1) is 11.3 Å². The van der Waals surface area contributed by atoms with Crippen molar-refractivity contribution in [3.63, 3.8) is 0 Å². The zero-order valence-corrected chi connectivity index (χ0v) is 16.6. The molecule has 9 heteroatoms. The van der Waals surface area contributed by atoms with Crippen LogP contribution in [-0.2, 0) is 11.0 Å². The Morgan fingerprint density at radius 2 is 1.80 bits per heavy atom. The van der Waals surface area contributed by atoms with Gasteiger partial charge in [-0.25, -0.2) is 4.68 Å². The number of alkyl halides is 3. The van der Waals surface area contributed by atoms with E-state index < -0.39 is 17.8 Å². The van der Waals surface area contributed by atoms with Crippen LogP contribution in [0.5, 0.6) is 0 Å². The highest BCUT2D eigenvalue weighted by atomic mass is 19.4. The Morgan fingerprint density at radius 1 is 1.10 bits per heavy atom. The molecule has 1 aromatic heterocycles. The Hall–Kier alpha value is -2.84. The number of aromatic nitrogens is 2. The summed E-state index contributed by atoms with van der Waals surface area (Å²) in [5.41, 5.74) is 0.319. The van der Waals surface area contributed by atoms with Crippen molar-refractivity contribution in [2.75, 3.05) is 31.1 Å². The normalized spacial score (nSPS) is 18.4. The van der Waals surface area contributed by atoms with E-state index in [-0.39, 0.29) is 11.5 Å². The van der Waals surface area contributed by atoms with Gasteiger partial charge in [0.2, 0.25) is 5.91 Å². The number of hydrogen-bond acceptors (Lipinski definition) is 4. The van der Waals surface area contributed by atoms with E-state index in [1.165, 1.54) is 16.8 Å². The molecule has 0 spiro atoms. The fraction of sp³-hybridized carbons (Fsp3) is 0.476. The molecule has 1 aromatic carbocycles. The molecule has 2 aromatic rings. The molecule has 0 radical (unpaired) electrons. The quantitative estimate of drug-likeness (QED) is 0.763. The molecule has 1 saturated heterocycles. The van der Waals surface area contributed by atoms with Crippen LogP contribution in [0.1, 0.15) is 43.0 Å². The topological polar surface area (TPSA) is 58.4 Å². The fourth-order valence-corrected chi connectivity index (χ4v) is 3.75. The van der Waals surface area contributed by atoms with Gasteiger partial charge < -0.3 is 9.80 Å². The van der Waals surface area contributed by atoms with E-state index in [1.807, 2.05) is 4.90 Å². The van der Waals surface area contributed by atoms with Gasteiger partial charge in [-0.3, -0.25) is 9.59 Å². The van der Waals surface area contributed by atoms with Crippen molar-refractivity contribution in [1.82, 2.24) is 14.7 Å². The van der Waals surface area contributed by atoms with Gasteiger partial charge in [-0.15, -0.1) is 0 Å². The summed E-state index contributed by atoms with van der Waals surface area (Å²) in [5.74, 6) is 0.163. The van der Waals surface area contributed by atoms with Crippen LogP contribution in [0.2, 0.25) is 0 Å². The molecule has 2 aliphatic rings. The molecular weight excluding hydrogens is 397 g/mol. The molecule has 4 rings (SSSR count). The minimum absolute atomic E-state index is 0.207. The summed E-state index contributed by atoms with van der Waals surface area (Å²) in [6, 6.07) is 7.66. The first-order valence-corrected chi connectivity index (χ1v) is 10.0. The Labute approximate surface area is 171 Å². The third kappa shape index (κ3) is 4.20. The predicted molar refractivity (Wildman–Crippen MR) is 105 cm³/mol. The van der Waals surface area contributed by atoms with Crippen molar-refractivity contribution in [2.24, 2.45) is 0 Å². The summed E-state index contributed by atoms with van der Waals surface area (Å²) < 4.78 is 40.1. The maximum Gasteiger partial charge on any atom is 0.416 e. The molecule has 1 aliphatic carbocycles. The molecule has 2 fully saturated rings. The van der Waals surface area contributed by atoms with Gasteiger partial charge in [0, 0.05) is 43.9 Å². The Bertz CT molecular complexity index is 992. The number of amides is 1. The van der Waals surface area contributed by atoms with Crippen LogP contribution in [0.15, 0.2) is 41.2 Å². The highest BCUT2D eigenvalue weighted by molar-refractivity contribution is 5.80. The first-order chi connectivity index (χ1) is 14.2. The lowest BCUT2D eigenvalue weighted by molar-refractivity contribution is -0.137. The van der Waals surface area contributed by atoms with Gasteiger partial charge in [-0.05, 0) is 44.0 Å². The van der Waals surface area contributed by atoms with Gasteiger partial charge in [0.1, 0.15) is 6.04 Å². The van der Waals surface area contributed by atoms with Crippen LogP contribution in [0.25, 0.3) is 0 Å². The van der Waals surface area contributed by atoms with Crippen molar-refractivity contribution in [1.29, 1.82) is 0 Å². The van der Waals surface area contributed by atoms with Crippen molar-refractivity contribution in [3.05, 3.63) is 58.0 Å². The molecule has 1 unspecified atom stereocenters. The first-order valence-electron chi connectivity index (χ1n) is 10.0. The minimum Gasteiger partial charge on any atom is -0.368 e. The molecule has 160 valence electrons. The van der Waals surface area contributed by atoms with Crippen LogP contribution < -0.4 is 10.5 Å². The van der Waals surface area contributed by atoms with E-state index in [1.54, 1.807) is 24.0 Å². The van der Waals surface area contributed by atoms with Crippen molar-refractivity contribution < 1.29 is 18.0 Å². The molecule has 1 amide bonds. The second-order valence-electron chi connectivity index (χ2n) is 7.85. The molecule has 0 bridgehead atoms. The SMILES string of the molecule is CC(C(=O)N1CCN(c2cccc(C(F)(F)F)c2)CC1)n1nc(C2CC2)ccc1=O. The standard InChI is InChI=1S/C21H23F3N4O2/c1-14(28-19(29)8-7-18(25-28)15-5-6-15)20(30)27-11-9-26(10-12-27)17-4-2-3-16(13-17)21(22,23)24/h2-4,7-8,13-15H,5-6,9-12H2,1H3. The Morgan fingerprint density at radius 3 is 2.43 bits per heavy atom. The van der Waals surface area contributed by atoms with E-state index in [0.717, 1.165) is 30.7 Å². The third-order valence-corrected chi connectivity index (χ3v) is 5.70. The number of halogens is 3. The molecule has 1 saturated carbocycles. The van der Waals surface area contributed by atoms with E-state index in [0.29, 0.717) is 37.8 Å². The monoisotopic (exact) mass is 420 g/mol. The second-order valence-corrected chi connectivity index (χ2v) is 7.85. The second kappa shape index (κ2) is 7.77. The van der Waals surface area contributed by atoms with Crippen LogP contribution in [0.3, 0.4) is 0 Å². The number of piperazine rings is 1. The van der Waals surface area contributed by atoms with Crippen molar-refractivity contribution in [3.8, 4) is 0 Å². The van der Waals surface area contributed by atoms with Gasteiger partial charge in [0.15, 0.2) is 0 Å². The highest BCUT2D eigenvalue weighted by Gasteiger charge is 2.32. The third-order valence-electron chi connectivity index (χ3n) is 5.70. The molecule has 0 N–H and O–H groups in total. The summed E-state index contributed by atoms with van der Waals surface area (Å²) in [6.45, 7) is 3.24. The lowest BCUT2D eigenvalue weighted by atomic mass is 10.1. The zero-order valence-electron chi connectivity index (χ0n) is 16.6. The lowest BCUT2D eigenvalue weighted by Crippen LogP contribution is -2.51. The van der Waals surface area contributed by atoms with Gasteiger partial charge in [0.25, 0.3) is 5.56 Å². The number of hydrogen-bond donors (Lipinski definition) is 0. The number of carbonyl (C=O) groups excluding carboxylic acids is 1. The zero-order chi connectivity index (χ0) is 21.5. The summed E-state index contributed by atoms with van der Waals surface area (Å²) in [7, 11) is 0. The summed E-state index contributed by atoms with van der Waals surface area (Å²) in [6.07, 6.45) is -2.30. The lowest BCUT2D eigenvalue weighted by Gasteiger charge is -2.37. The predicted octanol–water partition coefficient (Wildman–Crippen LogP) is 3.05. The molecule has 1 atom stereocenters. The van der Waals surface area contributed by atoms with Crippen LogP contribution in [-0.4, -0.2) is 46.8 Å². The average molecular weight is 420 g/mol. The maximum absolute atomic E-state index is 13.0. The highest BCUT2D eigenvalue weighted by Crippen LogP contribution is 2.38. The number of rotatable bonds is 4. The van der Waals surface area contributed by atoms with Gasteiger partial charge in [-0.1, -0.05) is 6.07 Å². The van der Waals surface area contributed by atoms with E-state index in [9.17, 15) is 22.8 Å². The van der Waals surface area contributed by atoms with E-state index >= 15 is 0 Å². The Kier molecular flexibility index (Phi) is 5.29. The fourth-order valence-electron chi connectivity index (χ4n) is 3.75. The van der Waals surface area contributed by atoms with E-state index in [2.05, 4.69) is 5.10 Å². The summed E-state index contributed by atoms with van der Waals surface area (Å²) >= 11 is 0. The molecule has 30 heavy (non-hydrogen) atoms. The summed E-state index contributed by atoms with van der Waals surface area (Å²) in [5, 5.41) is 4.39. The van der Waals surface area contributed by atoms with Gasteiger partial charge >= 0.3 is 6.18 Å².